The zero-order valence-corrected chi connectivity index (χ0v) is 20.2. The molecule has 1 aromatic rings. The second-order valence-corrected chi connectivity index (χ2v) is 9.03. The lowest BCUT2D eigenvalue weighted by atomic mass is 10.0. The van der Waals surface area contributed by atoms with Crippen molar-refractivity contribution < 1.29 is 19.4 Å². The maximum Gasteiger partial charge on any atom is 0.220 e. The van der Waals surface area contributed by atoms with E-state index in [2.05, 4.69) is 29.3 Å². The summed E-state index contributed by atoms with van der Waals surface area (Å²) >= 11 is 0. The molecule has 0 aromatic heterocycles. The van der Waals surface area contributed by atoms with E-state index in [0.29, 0.717) is 13.0 Å². The summed E-state index contributed by atoms with van der Waals surface area (Å²) in [6.07, 6.45) is 9.52. The molecule has 1 amide bonds. The lowest BCUT2D eigenvalue weighted by Crippen LogP contribution is -2.44. The number of aliphatic hydroxyl groups is 1. The van der Waals surface area contributed by atoms with Crippen LogP contribution in [0.1, 0.15) is 70.3 Å². The highest BCUT2D eigenvalue weighted by Gasteiger charge is 2.24. The molecule has 182 valence electrons. The fourth-order valence-electron chi connectivity index (χ4n) is 4.15. The van der Waals surface area contributed by atoms with Gasteiger partial charge in [-0.15, -0.1) is 0 Å². The van der Waals surface area contributed by atoms with Crippen molar-refractivity contribution in [1.29, 1.82) is 0 Å². The van der Waals surface area contributed by atoms with Gasteiger partial charge < -0.3 is 19.9 Å². The van der Waals surface area contributed by atoms with Gasteiger partial charge in [-0.1, -0.05) is 44.7 Å². The Morgan fingerprint density at radius 3 is 2.56 bits per heavy atom. The van der Waals surface area contributed by atoms with E-state index in [9.17, 15) is 9.90 Å². The van der Waals surface area contributed by atoms with Crippen LogP contribution in [0.15, 0.2) is 24.3 Å². The Morgan fingerprint density at radius 1 is 1.12 bits per heavy atom. The molecule has 0 spiro atoms. The number of ether oxygens (including phenoxy) is 2. The molecule has 0 aliphatic carbocycles. The third kappa shape index (κ3) is 11.3. The predicted octanol–water partition coefficient (Wildman–Crippen LogP) is 3.95. The molecule has 6 nitrogen and oxygen atoms in total. The molecule has 6 heteroatoms. The van der Waals surface area contributed by atoms with Crippen molar-refractivity contribution >= 4 is 5.91 Å². The highest BCUT2D eigenvalue weighted by molar-refractivity contribution is 5.76. The lowest BCUT2D eigenvalue weighted by Gasteiger charge is -2.25. The third-order valence-electron chi connectivity index (χ3n) is 6.02. The molecule has 0 bridgehead atoms. The maximum atomic E-state index is 12.6. The SMILES string of the molecule is CCCCOc1ccc(C[C@@H](CN2CC[C@H](O)C2)NC(=O)CCCCCCCOC)cc1. The molecule has 1 heterocycles. The van der Waals surface area contributed by atoms with Crippen molar-refractivity contribution in [1.82, 2.24) is 10.2 Å². The van der Waals surface area contributed by atoms with Crippen LogP contribution in [0.25, 0.3) is 0 Å². The number of carbonyl (C=O) groups excluding carboxylic acids is 1. The Hall–Kier alpha value is -1.63. The molecule has 2 atom stereocenters. The predicted molar refractivity (Wildman–Crippen MR) is 129 cm³/mol. The van der Waals surface area contributed by atoms with Crippen LogP contribution in [-0.2, 0) is 16.0 Å². The number of aliphatic hydroxyl groups excluding tert-OH is 1. The summed E-state index contributed by atoms with van der Waals surface area (Å²) in [7, 11) is 1.74. The van der Waals surface area contributed by atoms with Gasteiger partial charge in [0.05, 0.1) is 12.7 Å². The molecule has 0 radical (unpaired) electrons. The number of nitrogens with one attached hydrogen (secondary N) is 1. The number of hydrogen-bond acceptors (Lipinski definition) is 5. The Kier molecular flexibility index (Phi) is 13.4. The summed E-state index contributed by atoms with van der Waals surface area (Å²) < 4.78 is 10.8. The van der Waals surface area contributed by atoms with Crippen molar-refractivity contribution in [3.05, 3.63) is 29.8 Å². The Morgan fingerprint density at radius 2 is 1.88 bits per heavy atom. The van der Waals surface area contributed by atoms with Gasteiger partial charge in [0.2, 0.25) is 5.91 Å². The first-order valence-corrected chi connectivity index (χ1v) is 12.5. The van der Waals surface area contributed by atoms with E-state index in [-0.39, 0.29) is 18.1 Å². The standard InChI is InChI=1S/C26H44N2O4/c1-3-4-18-32-25-13-11-22(12-14-25)19-23(20-28-16-15-24(29)21-28)27-26(30)10-8-6-5-7-9-17-31-2/h11-14,23-24,29H,3-10,15-21H2,1-2H3,(H,27,30)/t23-,24-/m0/s1. The van der Waals surface area contributed by atoms with E-state index >= 15 is 0 Å². The summed E-state index contributed by atoms with van der Waals surface area (Å²) in [5.41, 5.74) is 1.19. The van der Waals surface area contributed by atoms with Crippen LogP contribution in [0.2, 0.25) is 0 Å². The van der Waals surface area contributed by atoms with E-state index in [0.717, 1.165) is 89.8 Å². The minimum absolute atomic E-state index is 0.0429. The fraction of sp³-hybridized carbons (Fsp3) is 0.731. The summed E-state index contributed by atoms with van der Waals surface area (Å²) in [5, 5.41) is 13.1. The van der Waals surface area contributed by atoms with Crippen LogP contribution in [-0.4, -0.2) is 68.0 Å². The van der Waals surface area contributed by atoms with Crippen molar-refractivity contribution in [2.45, 2.75) is 83.3 Å². The normalized spacial score (nSPS) is 17.4. The Labute approximate surface area is 194 Å². The van der Waals surface area contributed by atoms with Gasteiger partial charge in [0.15, 0.2) is 0 Å². The zero-order valence-electron chi connectivity index (χ0n) is 20.2. The number of nitrogens with zero attached hydrogens (tertiary/aromatic N) is 1. The summed E-state index contributed by atoms with van der Waals surface area (Å²) in [6, 6.07) is 8.28. The first-order valence-electron chi connectivity index (χ1n) is 12.5. The first kappa shape index (κ1) is 26.6. The quantitative estimate of drug-likeness (QED) is 0.353. The van der Waals surface area contributed by atoms with Crippen LogP contribution in [0, 0.1) is 0 Å². The molecule has 1 saturated heterocycles. The van der Waals surface area contributed by atoms with Crippen molar-refractivity contribution in [2.24, 2.45) is 0 Å². The van der Waals surface area contributed by atoms with E-state index in [4.69, 9.17) is 9.47 Å². The molecule has 0 unspecified atom stereocenters. The number of hydrogen-bond donors (Lipinski definition) is 2. The van der Waals surface area contributed by atoms with Crippen molar-refractivity contribution in [2.75, 3.05) is 40.0 Å². The minimum atomic E-state index is -0.246. The van der Waals surface area contributed by atoms with E-state index in [1.54, 1.807) is 7.11 Å². The monoisotopic (exact) mass is 448 g/mol. The van der Waals surface area contributed by atoms with E-state index < -0.39 is 0 Å². The molecule has 0 saturated carbocycles. The Bertz CT molecular complexity index is 623. The van der Waals surface area contributed by atoms with Gasteiger partial charge in [-0.3, -0.25) is 9.69 Å². The molecule has 1 aromatic carbocycles. The maximum absolute atomic E-state index is 12.6. The second kappa shape index (κ2) is 16.1. The van der Waals surface area contributed by atoms with Gasteiger partial charge >= 0.3 is 0 Å². The van der Waals surface area contributed by atoms with Gasteiger partial charge in [0, 0.05) is 45.8 Å². The smallest absolute Gasteiger partial charge is 0.220 e. The van der Waals surface area contributed by atoms with E-state index in [1.807, 2.05) is 12.1 Å². The number of likely N-dealkylation sites (tertiary alicyclic amines) is 1. The van der Waals surface area contributed by atoms with Crippen LogP contribution in [0.5, 0.6) is 5.75 Å². The highest BCUT2D eigenvalue weighted by Crippen LogP contribution is 2.16. The Balaban J connectivity index is 1.81. The number of rotatable bonds is 17. The molecule has 2 N–H and O–H groups in total. The molecule has 2 rings (SSSR count). The van der Waals surface area contributed by atoms with Gasteiger partial charge in [0.1, 0.15) is 5.75 Å². The van der Waals surface area contributed by atoms with Gasteiger partial charge in [-0.05, 0) is 49.8 Å². The molecular formula is C26H44N2O4. The largest absolute Gasteiger partial charge is 0.494 e. The van der Waals surface area contributed by atoms with Gasteiger partial charge in [-0.25, -0.2) is 0 Å². The van der Waals surface area contributed by atoms with Gasteiger partial charge in [-0.2, -0.15) is 0 Å². The lowest BCUT2D eigenvalue weighted by molar-refractivity contribution is -0.122. The number of methoxy groups -OCH3 is 1. The van der Waals surface area contributed by atoms with Crippen LogP contribution in [0.4, 0.5) is 0 Å². The number of benzene rings is 1. The van der Waals surface area contributed by atoms with Crippen LogP contribution in [0.3, 0.4) is 0 Å². The summed E-state index contributed by atoms with van der Waals surface area (Å²) in [5.74, 6) is 1.03. The second-order valence-electron chi connectivity index (χ2n) is 9.03. The molecular weight excluding hydrogens is 404 g/mol. The topological polar surface area (TPSA) is 71.0 Å². The summed E-state index contributed by atoms with van der Waals surface area (Å²) in [6.45, 7) is 6.08. The average molecular weight is 449 g/mol. The summed E-state index contributed by atoms with van der Waals surface area (Å²) in [4.78, 5) is 14.9. The van der Waals surface area contributed by atoms with Crippen LogP contribution < -0.4 is 10.1 Å². The third-order valence-corrected chi connectivity index (χ3v) is 6.02. The van der Waals surface area contributed by atoms with Crippen molar-refractivity contribution in [3.8, 4) is 5.75 Å². The molecule has 1 aliphatic rings. The highest BCUT2D eigenvalue weighted by atomic mass is 16.5. The van der Waals surface area contributed by atoms with Gasteiger partial charge in [0.25, 0.3) is 0 Å². The fourth-order valence-corrected chi connectivity index (χ4v) is 4.15. The number of unbranched alkanes of at least 4 members (excludes halogenated alkanes) is 5. The van der Waals surface area contributed by atoms with Crippen LogP contribution >= 0.6 is 0 Å². The molecule has 1 aliphatic heterocycles. The average Bonchev–Trinajstić information content (AvgIpc) is 3.19. The molecule has 32 heavy (non-hydrogen) atoms. The molecule has 1 fully saturated rings. The number of amides is 1. The number of β-amino-alcohol motifs (C(OH)–C–C–N with tert-alkyl or cyclic N) is 1. The van der Waals surface area contributed by atoms with E-state index in [1.165, 1.54) is 5.56 Å². The number of carbonyl (C=O) groups is 1. The van der Waals surface area contributed by atoms with Crippen molar-refractivity contribution in [3.63, 3.8) is 0 Å². The zero-order chi connectivity index (χ0) is 23.0. The first-order chi connectivity index (χ1) is 15.6. The minimum Gasteiger partial charge on any atom is -0.494 e.